The maximum Gasteiger partial charge on any atom is 0.224 e. The van der Waals surface area contributed by atoms with Gasteiger partial charge in [0.1, 0.15) is 22.9 Å². The first-order valence-corrected chi connectivity index (χ1v) is 10.8. The van der Waals surface area contributed by atoms with E-state index in [-0.39, 0.29) is 5.88 Å². The summed E-state index contributed by atoms with van der Waals surface area (Å²) >= 11 is 6.16. The molecule has 5 aromatic rings. The van der Waals surface area contributed by atoms with Gasteiger partial charge in [0.15, 0.2) is 5.76 Å². The molecule has 34 heavy (non-hydrogen) atoms. The summed E-state index contributed by atoms with van der Waals surface area (Å²) in [6, 6.07) is 17.4. The zero-order chi connectivity index (χ0) is 23.4. The van der Waals surface area contributed by atoms with Gasteiger partial charge in [-0.2, -0.15) is 10.4 Å². The molecular weight excluding hydrogens is 452 g/mol. The quantitative estimate of drug-likeness (QED) is 0.404. The molecule has 1 atom stereocenters. The molecule has 2 aromatic carbocycles. The Hall–Kier alpha value is -4.48. The minimum Gasteiger partial charge on any atom is -0.454 e. The number of rotatable bonds is 3. The number of halogens is 1. The van der Waals surface area contributed by atoms with E-state index in [1.165, 1.54) is 0 Å². The summed E-state index contributed by atoms with van der Waals surface area (Å²) in [5.41, 5.74) is 10.3. The number of imidazole rings is 1. The van der Waals surface area contributed by atoms with Crippen LogP contribution in [0, 0.1) is 11.3 Å². The van der Waals surface area contributed by atoms with E-state index >= 15 is 0 Å². The number of nitrogens with two attached hydrogens (primary N) is 1. The van der Waals surface area contributed by atoms with Gasteiger partial charge in [-0.05, 0) is 42.0 Å². The Bertz CT molecular complexity index is 1620. The fourth-order valence-corrected chi connectivity index (χ4v) is 4.55. The van der Waals surface area contributed by atoms with Crippen molar-refractivity contribution in [3.8, 4) is 29.1 Å². The van der Waals surface area contributed by atoms with Gasteiger partial charge in [-0.1, -0.05) is 23.7 Å². The summed E-state index contributed by atoms with van der Waals surface area (Å²) in [5.74, 6) is 0.597. The second kappa shape index (κ2) is 7.54. The lowest BCUT2D eigenvalue weighted by Gasteiger charge is -2.24. The number of aromatic nitrogens is 4. The highest BCUT2D eigenvalue weighted by Gasteiger charge is 2.37. The highest BCUT2D eigenvalue weighted by atomic mass is 35.5. The first kappa shape index (κ1) is 20.1. The van der Waals surface area contributed by atoms with Gasteiger partial charge in [0, 0.05) is 35.5 Å². The van der Waals surface area contributed by atoms with Crippen molar-refractivity contribution in [1.82, 2.24) is 19.3 Å². The maximum atomic E-state index is 9.99. The van der Waals surface area contributed by atoms with Crippen LogP contribution in [0.3, 0.4) is 0 Å². The van der Waals surface area contributed by atoms with Crippen LogP contribution < -0.4 is 10.5 Å². The molecule has 0 aliphatic carbocycles. The normalized spacial score (nSPS) is 15.3. The third kappa shape index (κ3) is 3.06. The Labute approximate surface area is 199 Å². The Morgan fingerprint density at radius 3 is 2.71 bits per heavy atom. The van der Waals surface area contributed by atoms with E-state index < -0.39 is 5.92 Å². The van der Waals surface area contributed by atoms with Gasteiger partial charge in [-0.15, -0.1) is 0 Å². The largest absolute Gasteiger partial charge is 0.454 e. The molecule has 1 aliphatic heterocycles. The lowest BCUT2D eigenvalue weighted by molar-refractivity contribution is 0.358. The van der Waals surface area contributed by atoms with Gasteiger partial charge in [0.2, 0.25) is 11.8 Å². The molecule has 3 aromatic heterocycles. The molecule has 0 spiro atoms. The summed E-state index contributed by atoms with van der Waals surface area (Å²) in [5, 5.41) is 16.1. The van der Waals surface area contributed by atoms with Crippen LogP contribution in [0.15, 0.2) is 83.1 Å². The van der Waals surface area contributed by atoms with Crippen LogP contribution in [0.5, 0.6) is 5.88 Å². The van der Waals surface area contributed by atoms with Crippen LogP contribution in [0.2, 0.25) is 5.02 Å². The van der Waals surface area contributed by atoms with Crippen molar-refractivity contribution in [2.75, 3.05) is 0 Å². The Kier molecular flexibility index (Phi) is 4.47. The molecule has 0 amide bonds. The first-order valence-electron chi connectivity index (χ1n) is 10.5. The van der Waals surface area contributed by atoms with E-state index in [0.29, 0.717) is 39.1 Å². The third-order valence-electron chi connectivity index (χ3n) is 5.94. The number of nitrogens with zero attached hydrogens (tertiary/aromatic N) is 5. The zero-order valence-electron chi connectivity index (χ0n) is 17.9. The van der Waals surface area contributed by atoms with E-state index in [0.717, 1.165) is 16.6 Å². The molecule has 166 valence electrons. The summed E-state index contributed by atoms with van der Waals surface area (Å²) < 4.78 is 15.5. The van der Waals surface area contributed by atoms with Crippen molar-refractivity contribution in [3.05, 3.63) is 94.9 Å². The molecule has 8 nitrogen and oxygen atoms in total. The van der Waals surface area contributed by atoms with Crippen molar-refractivity contribution in [3.63, 3.8) is 0 Å². The van der Waals surface area contributed by atoms with E-state index in [1.807, 2.05) is 53.2 Å². The molecule has 1 aliphatic rings. The van der Waals surface area contributed by atoms with E-state index in [2.05, 4.69) is 16.2 Å². The molecule has 0 fully saturated rings. The molecule has 1 unspecified atom stereocenters. The fraction of sp³-hybridized carbons (Fsp3) is 0.0800. The van der Waals surface area contributed by atoms with Crippen LogP contribution in [-0.4, -0.2) is 19.3 Å². The molecule has 0 saturated heterocycles. The lowest BCUT2D eigenvalue weighted by Crippen LogP contribution is -2.21. The lowest BCUT2D eigenvalue weighted by atomic mass is 9.83. The van der Waals surface area contributed by atoms with Gasteiger partial charge in [0.25, 0.3) is 0 Å². The minimum atomic E-state index is -0.480. The molecule has 0 bridgehead atoms. The predicted molar refractivity (Wildman–Crippen MR) is 126 cm³/mol. The minimum absolute atomic E-state index is 0.0598. The van der Waals surface area contributed by atoms with Gasteiger partial charge in [-0.25, -0.2) is 9.67 Å². The standard InChI is InChI=1S/C25H17ClN6O2/c1-31-25-22(23(30-31)20-11-15-10-16(26)4-7-19(15)33-20)21(18(12-27)24(28)34-25)14-2-5-17(6-3-14)32-9-8-29-13-32/h2-11,13,21H,28H2,1H3. The highest BCUT2D eigenvalue weighted by molar-refractivity contribution is 6.31. The number of nitriles is 1. The number of hydrogen-bond acceptors (Lipinski definition) is 6. The first-order chi connectivity index (χ1) is 16.5. The SMILES string of the molecule is Cn1nc(-c2cc3cc(Cl)ccc3o2)c2c1OC(N)=C(C#N)C2c1ccc(-n2ccnc2)cc1. The monoisotopic (exact) mass is 468 g/mol. The number of ether oxygens (including phenoxy) is 1. The molecule has 0 radical (unpaired) electrons. The van der Waals surface area contributed by atoms with Crippen LogP contribution >= 0.6 is 11.6 Å². The molecule has 4 heterocycles. The predicted octanol–water partition coefficient (Wildman–Crippen LogP) is 4.89. The smallest absolute Gasteiger partial charge is 0.224 e. The molecule has 0 saturated carbocycles. The Morgan fingerprint density at radius 2 is 1.97 bits per heavy atom. The average molecular weight is 469 g/mol. The van der Waals surface area contributed by atoms with E-state index in [4.69, 9.17) is 26.5 Å². The topological polar surface area (TPSA) is 108 Å². The zero-order valence-corrected chi connectivity index (χ0v) is 18.7. The van der Waals surface area contributed by atoms with Gasteiger partial charge < -0.3 is 19.5 Å². The van der Waals surface area contributed by atoms with E-state index in [9.17, 15) is 5.26 Å². The van der Waals surface area contributed by atoms with Crippen LogP contribution in [0.1, 0.15) is 17.0 Å². The molecular formula is C25H17ClN6O2. The number of furan rings is 1. The Balaban J connectivity index is 1.54. The van der Waals surface area contributed by atoms with Crippen LogP contribution in [0.4, 0.5) is 0 Å². The molecule has 9 heteroatoms. The number of hydrogen-bond donors (Lipinski definition) is 1. The van der Waals surface area contributed by atoms with Crippen LogP contribution in [-0.2, 0) is 7.05 Å². The van der Waals surface area contributed by atoms with Gasteiger partial charge in [-0.3, -0.25) is 0 Å². The van der Waals surface area contributed by atoms with Crippen molar-refractivity contribution in [1.29, 1.82) is 5.26 Å². The number of benzene rings is 2. The maximum absolute atomic E-state index is 9.99. The van der Waals surface area contributed by atoms with Crippen molar-refractivity contribution < 1.29 is 9.15 Å². The fourth-order valence-electron chi connectivity index (χ4n) is 4.37. The summed E-state index contributed by atoms with van der Waals surface area (Å²) in [7, 11) is 1.77. The second-order valence-corrected chi connectivity index (χ2v) is 8.41. The van der Waals surface area contributed by atoms with Crippen LogP contribution in [0.25, 0.3) is 28.1 Å². The second-order valence-electron chi connectivity index (χ2n) is 7.97. The summed E-state index contributed by atoms with van der Waals surface area (Å²) in [6.45, 7) is 0. The number of fused-ring (bicyclic) bond motifs is 2. The molecule has 2 N–H and O–H groups in total. The van der Waals surface area contributed by atoms with Crippen molar-refractivity contribution in [2.45, 2.75) is 5.92 Å². The summed E-state index contributed by atoms with van der Waals surface area (Å²) in [6.07, 6.45) is 5.32. The average Bonchev–Trinajstić information content (AvgIpc) is 3.58. The van der Waals surface area contributed by atoms with Gasteiger partial charge >= 0.3 is 0 Å². The van der Waals surface area contributed by atoms with Gasteiger partial charge in [0.05, 0.1) is 17.8 Å². The number of allylic oxidation sites excluding steroid dienone is 1. The molecule has 6 rings (SSSR count). The third-order valence-corrected chi connectivity index (χ3v) is 6.18. The highest BCUT2D eigenvalue weighted by Crippen LogP contribution is 2.47. The number of aryl methyl sites for hydroxylation is 1. The Morgan fingerprint density at radius 1 is 1.15 bits per heavy atom. The van der Waals surface area contributed by atoms with Crippen molar-refractivity contribution >= 4 is 22.6 Å². The summed E-state index contributed by atoms with van der Waals surface area (Å²) in [4.78, 5) is 4.10. The van der Waals surface area contributed by atoms with Crippen molar-refractivity contribution in [2.24, 2.45) is 12.8 Å². The van der Waals surface area contributed by atoms with E-state index in [1.54, 1.807) is 30.3 Å².